The smallest absolute Gasteiger partial charge is 0.0802 e. The van der Waals surface area contributed by atoms with E-state index < -0.39 is 0 Å². The van der Waals surface area contributed by atoms with Gasteiger partial charge in [0.15, 0.2) is 0 Å². The second kappa shape index (κ2) is 4.41. The van der Waals surface area contributed by atoms with Gasteiger partial charge >= 0.3 is 0 Å². The summed E-state index contributed by atoms with van der Waals surface area (Å²) in [4.78, 5) is 9.69. The number of pyridine rings is 2. The van der Waals surface area contributed by atoms with E-state index in [0.717, 1.165) is 17.1 Å². The highest BCUT2D eigenvalue weighted by Gasteiger charge is 2.36. The number of rotatable bonds is 0. The molecule has 4 aromatic rings. The van der Waals surface area contributed by atoms with Crippen molar-refractivity contribution in [2.24, 2.45) is 0 Å². The third kappa shape index (κ3) is 1.60. The Labute approximate surface area is 141 Å². The monoisotopic (exact) mass is 310 g/mol. The number of aromatic nitrogens is 2. The van der Waals surface area contributed by atoms with Crippen LogP contribution < -0.4 is 0 Å². The van der Waals surface area contributed by atoms with Crippen molar-refractivity contribution in [3.8, 4) is 11.3 Å². The molecule has 0 spiro atoms. The molecule has 1 aliphatic rings. The average molecular weight is 310 g/mol. The average Bonchev–Trinajstić information content (AvgIpc) is 2.58. The van der Waals surface area contributed by atoms with Crippen LogP contribution in [-0.2, 0) is 5.41 Å². The van der Waals surface area contributed by atoms with Crippen LogP contribution in [0, 0.1) is 6.92 Å². The minimum atomic E-state index is -0.156. The molecule has 1 aliphatic carbocycles. The fourth-order valence-electron chi connectivity index (χ4n) is 4.25. The summed E-state index contributed by atoms with van der Waals surface area (Å²) in [6.07, 6.45) is 1.91. The molecule has 0 saturated heterocycles. The molecule has 116 valence electrons. The largest absolute Gasteiger partial charge is 0.257 e. The van der Waals surface area contributed by atoms with Gasteiger partial charge in [0.05, 0.1) is 11.4 Å². The zero-order chi connectivity index (χ0) is 16.5. The van der Waals surface area contributed by atoms with Gasteiger partial charge in [-0.15, -0.1) is 0 Å². The predicted molar refractivity (Wildman–Crippen MR) is 99.3 cm³/mol. The van der Waals surface area contributed by atoms with Gasteiger partial charge in [0.25, 0.3) is 0 Å². The summed E-state index contributed by atoms with van der Waals surface area (Å²) in [5.41, 5.74) is 5.69. The lowest BCUT2D eigenvalue weighted by Gasteiger charge is -2.34. The summed E-state index contributed by atoms with van der Waals surface area (Å²) in [5.74, 6) is 0. The first kappa shape index (κ1) is 13.7. The molecule has 0 unspecified atom stereocenters. The molecule has 24 heavy (non-hydrogen) atoms. The van der Waals surface area contributed by atoms with E-state index in [1.165, 1.54) is 32.7 Å². The molecule has 0 radical (unpaired) electrons. The normalized spacial score (nSPS) is 14.8. The van der Waals surface area contributed by atoms with Gasteiger partial charge < -0.3 is 0 Å². The standard InChI is InChI=1S/C22H18N2/c1-13-12-15-10-11-23-20-17-9-8-14-6-4-5-7-16(14)19(17)22(2,3)21(24-13)18(15)20/h4-12H,1-3H3. The van der Waals surface area contributed by atoms with Crippen LogP contribution in [0.15, 0.2) is 54.7 Å². The first-order valence-electron chi connectivity index (χ1n) is 8.37. The Bertz CT molecular complexity index is 1140. The quantitative estimate of drug-likeness (QED) is 0.435. The molecule has 0 aliphatic heterocycles. The third-order valence-electron chi connectivity index (χ3n) is 5.27. The molecule has 2 heteroatoms. The molecule has 0 atom stereocenters. The third-order valence-corrected chi connectivity index (χ3v) is 5.27. The fraction of sp³-hybridized carbons (Fsp3) is 0.182. The lowest BCUT2D eigenvalue weighted by atomic mass is 9.70. The van der Waals surface area contributed by atoms with Gasteiger partial charge in [0.2, 0.25) is 0 Å². The number of hydrogen-bond donors (Lipinski definition) is 0. The predicted octanol–water partition coefficient (Wildman–Crippen LogP) is 5.40. The second-order valence-electron chi connectivity index (χ2n) is 7.20. The Morgan fingerprint density at radius 1 is 0.917 bits per heavy atom. The molecular weight excluding hydrogens is 292 g/mol. The van der Waals surface area contributed by atoms with Gasteiger partial charge in [-0.1, -0.05) is 50.2 Å². The van der Waals surface area contributed by atoms with Crippen molar-refractivity contribution in [1.82, 2.24) is 9.97 Å². The van der Waals surface area contributed by atoms with Gasteiger partial charge in [0.1, 0.15) is 0 Å². The van der Waals surface area contributed by atoms with Crippen molar-refractivity contribution >= 4 is 21.5 Å². The lowest BCUT2D eigenvalue weighted by Crippen LogP contribution is -2.26. The lowest BCUT2D eigenvalue weighted by molar-refractivity contribution is 0.624. The maximum atomic E-state index is 4.95. The van der Waals surface area contributed by atoms with E-state index in [1.807, 2.05) is 6.20 Å². The highest BCUT2D eigenvalue weighted by molar-refractivity contribution is 6.05. The first-order chi connectivity index (χ1) is 11.6. The highest BCUT2D eigenvalue weighted by Crippen LogP contribution is 2.49. The van der Waals surface area contributed by atoms with E-state index in [4.69, 9.17) is 9.97 Å². The van der Waals surface area contributed by atoms with Crippen molar-refractivity contribution in [1.29, 1.82) is 0 Å². The molecule has 5 rings (SSSR count). The zero-order valence-corrected chi connectivity index (χ0v) is 14.1. The van der Waals surface area contributed by atoms with Crippen LogP contribution in [-0.4, -0.2) is 9.97 Å². The number of benzene rings is 2. The number of fused-ring (bicyclic) bond motifs is 4. The van der Waals surface area contributed by atoms with Gasteiger partial charge in [-0.05, 0) is 40.8 Å². The van der Waals surface area contributed by atoms with Crippen LogP contribution in [0.25, 0.3) is 32.8 Å². The van der Waals surface area contributed by atoms with Gasteiger partial charge in [0, 0.05) is 28.3 Å². The van der Waals surface area contributed by atoms with Crippen LogP contribution in [0.4, 0.5) is 0 Å². The van der Waals surface area contributed by atoms with E-state index in [1.54, 1.807) is 0 Å². The topological polar surface area (TPSA) is 25.8 Å². The highest BCUT2D eigenvalue weighted by atomic mass is 14.8. The van der Waals surface area contributed by atoms with Crippen LogP contribution in [0.1, 0.15) is 30.8 Å². The van der Waals surface area contributed by atoms with Crippen molar-refractivity contribution in [3.63, 3.8) is 0 Å². The fourth-order valence-corrected chi connectivity index (χ4v) is 4.25. The number of aryl methyl sites for hydroxylation is 1. The Kier molecular flexibility index (Phi) is 2.52. The molecular formula is C22H18N2. The minimum Gasteiger partial charge on any atom is -0.257 e. The molecule has 0 fully saturated rings. The van der Waals surface area contributed by atoms with Crippen LogP contribution in [0.5, 0.6) is 0 Å². The summed E-state index contributed by atoms with van der Waals surface area (Å²) >= 11 is 0. The Hall–Kier alpha value is -2.74. The van der Waals surface area contributed by atoms with E-state index in [0.29, 0.717) is 0 Å². The molecule has 0 amide bonds. The molecule has 0 saturated carbocycles. The summed E-state index contributed by atoms with van der Waals surface area (Å²) in [5, 5.41) is 5.01. The van der Waals surface area contributed by atoms with Crippen molar-refractivity contribution in [2.45, 2.75) is 26.2 Å². The maximum absolute atomic E-state index is 4.95. The second-order valence-corrected chi connectivity index (χ2v) is 7.20. The van der Waals surface area contributed by atoms with Crippen LogP contribution in [0.2, 0.25) is 0 Å². The molecule has 2 aromatic heterocycles. The van der Waals surface area contributed by atoms with E-state index in [9.17, 15) is 0 Å². The Morgan fingerprint density at radius 2 is 1.75 bits per heavy atom. The SMILES string of the molecule is Cc1cc2ccnc3c2c(n1)C(C)(C)c1c-3ccc2ccccc12. The molecule has 2 aromatic carbocycles. The van der Waals surface area contributed by atoms with Gasteiger partial charge in [-0.25, -0.2) is 0 Å². The van der Waals surface area contributed by atoms with Gasteiger partial charge in [-0.3, -0.25) is 9.97 Å². The molecule has 2 heterocycles. The number of nitrogens with zero attached hydrogens (tertiary/aromatic N) is 2. The zero-order valence-electron chi connectivity index (χ0n) is 14.1. The van der Waals surface area contributed by atoms with Gasteiger partial charge in [-0.2, -0.15) is 0 Å². The summed E-state index contributed by atoms with van der Waals surface area (Å²) in [7, 11) is 0. The van der Waals surface area contributed by atoms with E-state index >= 15 is 0 Å². The van der Waals surface area contributed by atoms with E-state index in [-0.39, 0.29) is 5.41 Å². The molecule has 0 N–H and O–H groups in total. The Morgan fingerprint density at radius 3 is 2.62 bits per heavy atom. The minimum absolute atomic E-state index is 0.156. The Balaban J connectivity index is 2.06. The van der Waals surface area contributed by atoms with Crippen LogP contribution >= 0.6 is 0 Å². The summed E-state index contributed by atoms with van der Waals surface area (Å²) in [6, 6.07) is 17.3. The van der Waals surface area contributed by atoms with Crippen LogP contribution in [0.3, 0.4) is 0 Å². The summed E-state index contributed by atoms with van der Waals surface area (Å²) in [6.45, 7) is 6.65. The van der Waals surface area contributed by atoms with Crippen molar-refractivity contribution in [2.75, 3.05) is 0 Å². The van der Waals surface area contributed by atoms with Crippen molar-refractivity contribution < 1.29 is 0 Å². The van der Waals surface area contributed by atoms with Crippen molar-refractivity contribution in [3.05, 3.63) is 71.7 Å². The maximum Gasteiger partial charge on any atom is 0.0802 e. The first-order valence-corrected chi connectivity index (χ1v) is 8.37. The summed E-state index contributed by atoms with van der Waals surface area (Å²) < 4.78 is 0. The number of hydrogen-bond acceptors (Lipinski definition) is 2. The molecule has 2 nitrogen and oxygen atoms in total. The molecule has 0 bridgehead atoms. The van der Waals surface area contributed by atoms with E-state index in [2.05, 4.69) is 69.3 Å².